The van der Waals surface area contributed by atoms with Gasteiger partial charge in [-0.05, 0) is 19.3 Å². The zero-order valence-electron chi connectivity index (χ0n) is 11.7. The van der Waals surface area contributed by atoms with Crippen LogP contribution < -0.4 is 5.73 Å². The summed E-state index contributed by atoms with van der Waals surface area (Å²) in [5, 5.41) is 0. The lowest BCUT2D eigenvalue weighted by Crippen LogP contribution is -2.17. The van der Waals surface area contributed by atoms with Crippen molar-refractivity contribution in [1.29, 1.82) is 0 Å². The van der Waals surface area contributed by atoms with Gasteiger partial charge in [0.25, 0.3) is 0 Å². The van der Waals surface area contributed by atoms with Crippen LogP contribution in [0.1, 0.15) is 38.5 Å². The van der Waals surface area contributed by atoms with E-state index >= 15 is 0 Å². The Morgan fingerprint density at radius 3 is 2.90 bits per heavy atom. The zero-order valence-corrected chi connectivity index (χ0v) is 11.7. The van der Waals surface area contributed by atoms with E-state index in [1.165, 1.54) is 38.4 Å². The highest BCUT2D eigenvalue weighted by molar-refractivity contribution is 5.80. The van der Waals surface area contributed by atoms with Crippen molar-refractivity contribution in [2.75, 3.05) is 12.3 Å². The van der Waals surface area contributed by atoms with E-state index in [0.29, 0.717) is 17.4 Å². The summed E-state index contributed by atoms with van der Waals surface area (Å²) < 4.78 is 7.94. The number of ether oxygens (including phenoxy) is 1. The number of nitrogens with two attached hydrogens (primary N) is 1. The number of imidazole rings is 1. The average Bonchev–Trinajstić information content (AvgIpc) is 2.90. The Labute approximate surface area is 118 Å². The van der Waals surface area contributed by atoms with Crippen LogP contribution >= 0.6 is 0 Å². The molecule has 108 valence electrons. The van der Waals surface area contributed by atoms with Crippen molar-refractivity contribution in [2.45, 2.75) is 51.2 Å². The van der Waals surface area contributed by atoms with E-state index in [1.807, 2.05) is 4.57 Å². The first-order valence-corrected chi connectivity index (χ1v) is 7.37. The monoisotopic (exact) mass is 275 g/mol. The molecule has 1 aliphatic rings. The van der Waals surface area contributed by atoms with E-state index in [1.54, 1.807) is 6.33 Å². The van der Waals surface area contributed by atoms with Crippen LogP contribution in [0.25, 0.3) is 11.2 Å². The van der Waals surface area contributed by atoms with Gasteiger partial charge in [-0.25, -0.2) is 15.0 Å². The van der Waals surface area contributed by atoms with Crippen molar-refractivity contribution in [2.24, 2.45) is 0 Å². The van der Waals surface area contributed by atoms with Gasteiger partial charge in [0.2, 0.25) is 0 Å². The molecule has 0 amide bonds. The Balaban J connectivity index is 1.51. The molecule has 3 rings (SSSR count). The molecule has 6 nitrogen and oxygen atoms in total. The number of aromatic nitrogens is 4. The smallest absolute Gasteiger partial charge is 0.165 e. The summed E-state index contributed by atoms with van der Waals surface area (Å²) >= 11 is 0. The maximum absolute atomic E-state index is 5.93. The molecule has 2 aromatic rings. The number of nitrogen functional groups attached to an aromatic ring is 1. The molecular formula is C14H21N5O. The molecule has 0 atom stereocenters. The number of fused-ring (bicyclic) bond motifs is 1. The summed E-state index contributed by atoms with van der Waals surface area (Å²) in [5.41, 5.74) is 7.25. The van der Waals surface area contributed by atoms with Gasteiger partial charge in [0.1, 0.15) is 11.8 Å². The lowest BCUT2D eigenvalue weighted by atomic mass is 9.98. The van der Waals surface area contributed by atoms with Crippen molar-refractivity contribution < 1.29 is 4.74 Å². The van der Waals surface area contributed by atoms with Gasteiger partial charge in [-0.1, -0.05) is 19.3 Å². The topological polar surface area (TPSA) is 78.9 Å². The van der Waals surface area contributed by atoms with Crippen molar-refractivity contribution >= 4 is 17.0 Å². The van der Waals surface area contributed by atoms with Crippen molar-refractivity contribution in [3.8, 4) is 0 Å². The third kappa shape index (κ3) is 2.90. The number of anilines is 1. The number of hydrogen-bond donors (Lipinski definition) is 1. The van der Waals surface area contributed by atoms with E-state index in [9.17, 15) is 0 Å². The number of nitrogens with zero attached hydrogens (tertiary/aromatic N) is 4. The minimum Gasteiger partial charge on any atom is -0.382 e. The summed E-state index contributed by atoms with van der Waals surface area (Å²) in [6.45, 7) is 1.64. The normalized spacial score (nSPS) is 16.8. The predicted octanol–water partition coefficient (Wildman–Crippen LogP) is 2.15. The molecule has 6 heteroatoms. The van der Waals surface area contributed by atoms with Crippen molar-refractivity contribution in [1.82, 2.24) is 19.5 Å². The number of rotatable bonds is 5. The molecule has 1 aliphatic carbocycles. The Kier molecular flexibility index (Phi) is 4.11. The summed E-state index contributed by atoms with van der Waals surface area (Å²) in [6.07, 6.45) is 11.1. The van der Waals surface area contributed by atoms with Gasteiger partial charge in [-0.2, -0.15) is 0 Å². The molecule has 20 heavy (non-hydrogen) atoms. The molecule has 0 bridgehead atoms. The summed E-state index contributed by atoms with van der Waals surface area (Å²) in [5.74, 6) is 0.437. The predicted molar refractivity (Wildman–Crippen MR) is 77.2 cm³/mol. The first-order valence-electron chi connectivity index (χ1n) is 7.37. The van der Waals surface area contributed by atoms with Gasteiger partial charge in [0.15, 0.2) is 11.5 Å². The second-order valence-electron chi connectivity index (χ2n) is 5.35. The average molecular weight is 275 g/mol. The molecule has 0 aliphatic heterocycles. The molecule has 0 radical (unpaired) electrons. The van der Waals surface area contributed by atoms with Crippen LogP contribution in [0.3, 0.4) is 0 Å². The molecule has 1 fully saturated rings. The maximum atomic E-state index is 5.93. The summed E-state index contributed by atoms with van der Waals surface area (Å²) in [7, 11) is 0. The first-order chi connectivity index (χ1) is 9.84. The van der Waals surface area contributed by atoms with Crippen LogP contribution in [0.5, 0.6) is 0 Å². The highest BCUT2D eigenvalue weighted by atomic mass is 16.5. The Bertz CT molecular complexity index is 562. The third-order valence-electron chi connectivity index (χ3n) is 3.88. The van der Waals surface area contributed by atoms with Gasteiger partial charge in [-0.3, -0.25) is 0 Å². The molecule has 1 saturated carbocycles. The standard InChI is InChI=1S/C14H21N5O/c15-13-12-14(17-9-16-13)19(10-18-12)7-4-8-20-11-5-2-1-3-6-11/h9-11H,1-8H2,(H2,15,16,17). The molecule has 0 saturated heterocycles. The minimum absolute atomic E-state index is 0.437. The van der Waals surface area contributed by atoms with E-state index in [4.69, 9.17) is 10.5 Å². The Hall–Kier alpha value is -1.69. The van der Waals surface area contributed by atoms with Crippen LogP contribution in [0.4, 0.5) is 5.82 Å². The van der Waals surface area contributed by atoms with E-state index < -0.39 is 0 Å². The van der Waals surface area contributed by atoms with Gasteiger partial charge in [0.05, 0.1) is 12.4 Å². The number of aryl methyl sites for hydroxylation is 1. The van der Waals surface area contributed by atoms with Crippen LogP contribution in [0.15, 0.2) is 12.7 Å². The quantitative estimate of drug-likeness (QED) is 0.846. The van der Waals surface area contributed by atoms with Crippen LogP contribution in [-0.2, 0) is 11.3 Å². The number of hydrogen-bond acceptors (Lipinski definition) is 5. The Morgan fingerprint density at radius 2 is 2.05 bits per heavy atom. The maximum Gasteiger partial charge on any atom is 0.165 e. The first kappa shape index (κ1) is 13.3. The van der Waals surface area contributed by atoms with Crippen molar-refractivity contribution in [3.63, 3.8) is 0 Å². The van der Waals surface area contributed by atoms with Crippen LogP contribution in [0.2, 0.25) is 0 Å². The third-order valence-corrected chi connectivity index (χ3v) is 3.88. The van der Waals surface area contributed by atoms with Gasteiger partial charge >= 0.3 is 0 Å². The fraction of sp³-hybridized carbons (Fsp3) is 0.643. The van der Waals surface area contributed by atoms with Crippen LogP contribution in [-0.4, -0.2) is 32.2 Å². The molecule has 0 unspecified atom stereocenters. The summed E-state index contributed by atoms with van der Waals surface area (Å²) in [4.78, 5) is 12.4. The van der Waals surface area contributed by atoms with E-state index in [2.05, 4.69) is 15.0 Å². The molecular weight excluding hydrogens is 254 g/mol. The SMILES string of the molecule is Nc1ncnc2c1ncn2CCCOC1CCCCC1. The van der Waals surface area contributed by atoms with Crippen molar-refractivity contribution in [3.05, 3.63) is 12.7 Å². The van der Waals surface area contributed by atoms with E-state index in [0.717, 1.165) is 25.2 Å². The molecule has 0 aromatic carbocycles. The fourth-order valence-corrected chi connectivity index (χ4v) is 2.78. The zero-order chi connectivity index (χ0) is 13.8. The lowest BCUT2D eigenvalue weighted by Gasteiger charge is -2.21. The molecule has 0 spiro atoms. The molecule has 2 aromatic heterocycles. The van der Waals surface area contributed by atoms with Gasteiger partial charge in [0, 0.05) is 13.2 Å². The van der Waals surface area contributed by atoms with E-state index in [-0.39, 0.29) is 0 Å². The highest BCUT2D eigenvalue weighted by Crippen LogP contribution is 2.20. The Morgan fingerprint density at radius 1 is 1.20 bits per heavy atom. The second-order valence-corrected chi connectivity index (χ2v) is 5.35. The lowest BCUT2D eigenvalue weighted by molar-refractivity contribution is 0.0258. The fourth-order valence-electron chi connectivity index (χ4n) is 2.78. The van der Waals surface area contributed by atoms with Gasteiger partial charge < -0.3 is 15.0 Å². The minimum atomic E-state index is 0.437. The second kappa shape index (κ2) is 6.17. The van der Waals surface area contributed by atoms with Gasteiger partial charge in [-0.15, -0.1) is 0 Å². The summed E-state index contributed by atoms with van der Waals surface area (Å²) in [6, 6.07) is 0. The molecule has 2 N–H and O–H groups in total. The van der Waals surface area contributed by atoms with Crippen LogP contribution in [0, 0.1) is 0 Å². The highest BCUT2D eigenvalue weighted by Gasteiger charge is 2.13. The molecule has 2 heterocycles. The largest absolute Gasteiger partial charge is 0.382 e.